The second-order valence-corrected chi connectivity index (χ2v) is 9.60. The summed E-state index contributed by atoms with van der Waals surface area (Å²) in [5.74, 6) is -0.279. The summed E-state index contributed by atoms with van der Waals surface area (Å²) < 4.78 is 25.4. The van der Waals surface area contributed by atoms with Gasteiger partial charge in [-0.2, -0.15) is 0 Å². The molecule has 1 aromatic heterocycles. The van der Waals surface area contributed by atoms with Gasteiger partial charge in [0.2, 0.25) is 5.91 Å². The molecule has 0 fully saturated rings. The number of hydrogen-bond acceptors (Lipinski definition) is 6. The molecule has 136 valence electrons. The van der Waals surface area contributed by atoms with E-state index in [0.29, 0.717) is 5.13 Å². The van der Waals surface area contributed by atoms with E-state index in [1.807, 2.05) is 24.5 Å². The van der Waals surface area contributed by atoms with Gasteiger partial charge in [-0.3, -0.25) is 4.79 Å². The number of fused-ring (bicyclic) bond motifs is 1. The molecular formula is C18H18N2O3S3. The highest BCUT2D eigenvalue weighted by Crippen LogP contribution is 2.32. The molecule has 0 radical (unpaired) electrons. The second-order valence-electron chi connectivity index (χ2n) is 5.61. The van der Waals surface area contributed by atoms with Gasteiger partial charge in [0, 0.05) is 11.3 Å². The van der Waals surface area contributed by atoms with E-state index in [9.17, 15) is 13.2 Å². The first-order valence-electron chi connectivity index (χ1n) is 8.01. The van der Waals surface area contributed by atoms with E-state index in [1.165, 1.54) is 11.3 Å². The van der Waals surface area contributed by atoms with Crippen LogP contribution >= 0.6 is 23.1 Å². The number of carbonyl (C=O) groups excluding carboxylic acids is 1. The lowest BCUT2D eigenvalue weighted by Crippen LogP contribution is -2.14. The molecule has 0 spiro atoms. The van der Waals surface area contributed by atoms with E-state index in [1.54, 1.807) is 42.1 Å². The van der Waals surface area contributed by atoms with E-state index in [4.69, 9.17) is 0 Å². The zero-order valence-corrected chi connectivity index (χ0v) is 16.6. The molecule has 1 amide bonds. The lowest BCUT2D eigenvalue weighted by atomic mass is 10.3. The summed E-state index contributed by atoms with van der Waals surface area (Å²) in [6.45, 7) is 0. The predicted molar refractivity (Wildman–Crippen MR) is 108 cm³/mol. The highest BCUT2D eigenvalue weighted by molar-refractivity contribution is 7.98. The van der Waals surface area contributed by atoms with E-state index in [2.05, 4.69) is 10.3 Å². The molecule has 0 aliphatic heterocycles. The molecule has 3 rings (SSSR count). The Bertz CT molecular complexity index is 1010. The fourth-order valence-corrected chi connectivity index (χ4v) is 5.36. The van der Waals surface area contributed by atoms with Crippen LogP contribution in [0.15, 0.2) is 58.3 Å². The van der Waals surface area contributed by atoms with Crippen LogP contribution in [0.4, 0.5) is 5.13 Å². The van der Waals surface area contributed by atoms with Gasteiger partial charge in [-0.05, 0) is 36.9 Å². The number of thiazole rings is 1. The van der Waals surface area contributed by atoms with Crippen LogP contribution in [-0.4, -0.2) is 31.3 Å². The highest BCUT2D eigenvalue weighted by atomic mass is 32.2. The zero-order valence-electron chi connectivity index (χ0n) is 14.1. The van der Waals surface area contributed by atoms with Crippen LogP contribution in [-0.2, 0) is 14.6 Å². The van der Waals surface area contributed by atoms with Gasteiger partial charge in [-0.25, -0.2) is 13.4 Å². The third kappa shape index (κ3) is 4.44. The number of amides is 1. The van der Waals surface area contributed by atoms with Crippen molar-refractivity contribution in [2.24, 2.45) is 0 Å². The number of hydrogen-bond donors (Lipinski definition) is 1. The Morgan fingerprint density at radius 1 is 1.15 bits per heavy atom. The van der Waals surface area contributed by atoms with Crippen molar-refractivity contribution in [3.8, 4) is 0 Å². The molecule has 2 aromatic carbocycles. The number of nitrogens with one attached hydrogen (secondary N) is 1. The van der Waals surface area contributed by atoms with Crippen molar-refractivity contribution >= 4 is 54.2 Å². The molecule has 1 heterocycles. The lowest BCUT2D eigenvalue weighted by molar-refractivity contribution is -0.116. The van der Waals surface area contributed by atoms with Crippen LogP contribution in [0.2, 0.25) is 0 Å². The lowest BCUT2D eigenvalue weighted by Gasteiger charge is -2.04. The molecule has 0 bridgehead atoms. The standard InChI is InChI=1S/C18H18N2O3S3/c1-24-14-9-5-10-15-17(14)20-18(25-15)19-16(21)11-6-12-26(22,23)13-7-3-2-4-8-13/h2-5,7-10H,6,11-12H2,1H3,(H,19,20,21). The van der Waals surface area contributed by atoms with Gasteiger partial charge < -0.3 is 5.32 Å². The molecule has 5 nitrogen and oxygen atoms in total. The maximum absolute atomic E-state index is 12.2. The molecule has 0 saturated carbocycles. The monoisotopic (exact) mass is 406 g/mol. The third-order valence-corrected chi connectivity index (χ3v) is 7.29. The fourth-order valence-electron chi connectivity index (χ4n) is 2.49. The quantitative estimate of drug-likeness (QED) is 0.595. The Balaban J connectivity index is 1.58. The molecule has 0 aliphatic carbocycles. The largest absolute Gasteiger partial charge is 0.302 e. The first kappa shape index (κ1) is 18.9. The summed E-state index contributed by atoms with van der Waals surface area (Å²) in [5, 5.41) is 3.31. The maximum atomic E-state index is 12.2. The molecule has 0 saturated heterocycles. The van der Waals surface area contributed by atoms with Crippen molar-refractivity contribution in [3.05, 3.63) is 48.5 Å². The zero-order chi connectivity index (χ0) is 18.6. The predicted octanol–water partition coefficient (Wildman–Crippen LogP) is 4.21. The number of aromatic nitrogens is 1. The number of para-hydroxylation sites is 1. The highest BCUT2D eigenvalue weighted by Gasteiger charge is 2.15. The Morgan fingerprint density at radius 2 is 1.92 bits per heavy atom. The Hall–Kier alpha value is -1.90. The van der Waals surface area contributed by atoms with Gasteiger partial charge in [0.1, 0.15) is 0 Å². The van der Waals surface area contributed by atoms with Gasteiger partial charge in [0.15, 0.2) is 15.0 Å². The van der Waals surface area contributed by atoms with Crippen LogP contribution in [0.25, 0.3) is 10.2 Å². The first-order chi connectivity index (χ1) is 12.5. The van der Waals surface area contributed by atoms with E-state index in [-0.39, 0.29) is 29.4 Å². The summed E-state index contributed by atoms with van der Waals surface area (Å²) in [4.78, 5) is 17.9. The van der Waals surface area contributed by atoms with Crippen LogP contribution in [0.5, 0.6) is 0 Å². The molecule has 1 N–H and O–H groups in total. The van der Waals surface area contributed by atoms with Crippen molar-refractivity contribution in [1.29, 1.82) is 0 Å². The maximum Gasteiger partial charge on any atom is 0.226 e. The third-order valence-electron chi connectivity index (χ3n) is 3.77. The summed E-state index contributed by atoms with van der Waals surface area (Å²) in [6.07, 6.45) is 2.39. The Labute approximate surface area is 160 Å². The number of sulfone groups is 1. The molecule has 8 heteroatoms. The van der Waals surface area contributed by atoms with Crippen molar-refractivity contribution in [1.82, 2.24) is 4.98 Å². The normalized spacial score (nSPS) is 11.6. The van der Waals surface area contributed by atoms with Gasteiger partial charge in [-0.1, -0.05) is 35.6 Å². The van der Waals surface area contributed by atoms with Crippen LogP contribution < -0.4 is 5.32 Å². The van der Waals surface area contributed by atoms with Crippen molar-refractivity contribution in [2.45, 2.75) is 22.6 Å². The first-order valence-corrected chi connectivity index (χ1v) is 11.7. The Morgan fingerprint density at radius 3 is 2.65 bits per heavy atom. The van der Waals surface area contributed by atoms with Crippen LogP contribution in [0.3, 0.4) is 0 Å². The van der Waals surface area contributed by atoms with Crippen molar-refractivity contribution < 1.29 is 13.2 Å². The van der Waals surface area contributed by atoms with Crippen LogP contribution in [0, 0.1) is 0 Å². The van der Waals surface area contributed by atoms with Crippen molar-refractivity contribution in [3.63, 3.8) is 0 Å². The van der Waals surface area contributed by atoms with E-state index >= 15 is 0 Å². The summed E-state index contributed by atoms with van der Waals surface area (Å²) in [5.41, 5.74) is 0.881. The minimum absolute atomic E-state index is 0.0547. The minimum atomic E-state index is -3.35. The summed E-state index contributed by atoms with van der Waals surface area (Å²) >= 11 is 3.03. The average Bonchev–Trinajstić information content (AvgIpc) is 3.04. The van der Waals surface area contributed by atoms with Gasteiger partial charge in [0.05, 0.1) is 20.9 Å². The molecule has 0 aliphatic rings. The molecule has 26 heavy (non-hydrogen) atoms. The number of anilines is 1. The molecule has 0 atom stereocenters. The number of carbonyl (C=O) groups is 1. The number of benzene rings is 2. The molecule has 0 unspecified atom stereocenters. The Kier molecular flexibility index (Phi) is 5.95. The summed E-state index contributed by atoms with van der Waals surface area (Å²) in [6, 6.07) is 14.2. The van der Waals surface area contributed by atoms with E-state index in [0.717, 1.165) is 15.1 Å². The van der Waals surface area contributed by atoms with Gasteiger partial charge in [-0.15, -0.1) is 11.8 Å². The number of nitrogens with zero attached hydrogens (tertiary/aromatic N) is 1. The SMILES string of the molecule is CSc1cccc2sc(NC(=O)CCCS(=O)(=O)c3ccccc3)nc12. The van der Waals surface area contributed by atoms with Gasteiger partial charge >= 0.3 is 0 Å². The average molecular weight is 407 g/mol. The van der Waals surface area contributed by atoms with Crippen LogP contribution in [0.1, 0.15) is 12.8 Å². The topological polar surface area (TPSA) is 76.1 Å². The minimum Gasteiger partial charge on any atom is -0.302 e. The second kappa shape index (κ2) is 8.20. The molecular weight excluding hydrogens is 388 g/mol. The number of thioether (sulfide) groups is 1. The smallest absolute Gasteiger partial charge is 0.226 e. The van der Waals surface area contributed by atoms with Gasteiger partial charge in [0.25, 0.3) is 0 Å². The van der Waals surface area contributed by atoms with E-state index < -0.39 is 9.84 Å². The summed E-state index contributed by atoms with van der Waals surface area (Å²) in [7, 11) is -3.35. The fraction of sp³-hybridized carbons (Fsp3) is 0.222. The van der Waals surface area contributed by atoms with Crippen molar-refractivity contribution in [2.75, 3.05) is 17.3 Å². The number of rotatable bonds is 7. The molecule has 3 aromatic rings.